The number of amides is 1. The van der Waals surface area contributed by atoms with Crippen molar-refractivity contribution in [2.45, 2.75) is 25.8 Å². The molecule has 2 atom stereocenters. The van der Waals surface area contributed by atoms with E-state index >= 15 is 0 Å². The number of halogens is 2. The highest BCUT2D eigenvalue weighted by atomic mass is 35.5. The highest BCUT2D eigenvalue weighted by Gasteiger charge is 2.28. The second-order valence-electron chi connectivity index (χ2n) is 7.29. The van der Waals surface area contributed by atoms with Crippen LogP contribution in [0.3, 0.4) is 0 Å². The number of benzene rings is 1. The van der Waals surface area contributed by atoms with Crippen LogP contribution >= 0.6 is 24.0 Å². The van der Waals surface area contributed by atoms with Gasteiger partial charge in [-0.1, -0.05) is 11.6 Å². The Kier molecular flexibility index (Phi) is 6.67. The summed E-state index contributed by atoms with van der Waals surface area (Å²) in [4.78, 5) is 15.0. The first-order valence-electron chi connectivity index (χ1n) is 9.47. The lowest BCUT2D eigenvalue weighted by molar-refractivity contribution is 0.0654. The van der Waals surface area contributed by atoms with Crippen LogP contribution in [0.1, 0.15) is 30.3 Å². The Morgan fingerprint density at radius 3 is 2.72 bits per heavy atom. The summed E-state index contributed by atoms with van der Waals surface area (Å²) in [6.07, 6.45) is 3.62. The quantitative estimate of drug-likeness (QED) is 0.659. The molecule has 3 heterocycles. The van der Waals surface area contributed by atoms with Crippen molar-refractivity contribution in [1.82, 2.24) is 14.7 Å². The average molecular weight is 435 g/mol. The Morgan fingerprint density at radius 2 is 2.07 bits per heavy atom. The molecule has 1 saturated heterocycles. The molecule has 2 N–H and O–H groups in total. The van der Waals surface area contributed by atoms with Gasteiger partial charge in [0.2, 0.25) is 0 Å². The van der Waals surface area contributed by atoms with Gasteiger partial charge in [0.1, 0.15) is 5.69 Å². The van der Waals surface area contributed by atoms with E-state index in [0.29, 0.717) is 28.9 Å². The van der Waals surface area contributed by atoms with Crippen LogP contribution in [0.2, 0.25) is 5.02 Å². The molecule has 154 valence electrons. The number of nitrogens with zero attached hydrogens (tertiary/aromatic N) is 3. The predicted molar refractivity (Wildman–Crippen MR) is 116 cm³/mol. The van der Waals surface area contributed by atoms with Gasteiger partial charge in [-0.3, -0.25) is 4.79 Å². The van der Waals surface area contributed by atoms with Crippen molar-refractivity contribution in [3.8, 4) is 17.1 Å². The van der Waals surface area contributed by atoms with Crippen LogP contribution in [0.5, 0.6) is 0 Å². The van der Waals surface area contributed by atoms with Crippen molar-refractivity contribution in [3.63, 3.8) is 0 Å². The lowest BCUT2D eigenvalue weighted by Crippen LogP contribution is -2.45. The largest absolute Gasteiger partial charge is 0.463 e. The molecule has 1 aliphatic rings. The van der Waals surface area contributed by atoms with Crippen molar-refractivity contribution >= 4 is 29.9 Å². The van der Waals surface area contributed by atoms with Crippen LogP contribution in [-0.2, 0) is 0 Å². The molecule has 0 bridgehead atoms. The SMILES string of the molecule is CC(N)C1CCCN(C(=O)c2cc(-c3ccco3)n(-c3ccc(Cl)cc3)n2)C1.Cl. The minimum Gasteiger partial charge on any atom is -0.463 e. The molecular formula is C21H24Cl2N4O2. The lowest BCUT2D eigenvalue weighted by atomic mass is 9.92. The number of rotatable bonds is 4. The third-order valence-electron chi connectivity index (χ3n) is 5.26. The fraction of sp³-hybridized carbons (Fsp3) is 0.333. The molecular weight excluding hydrogens is 411 g/mol. The number of nitrogens with two attached hydrogens (primary N) is 1. The number of carbonyl (C=O) groups is 1. The van der Waals surface area contributed by atoms with Crippen LogP contribution in [0.15, 0.2) is 53.1 Å². The van der Waals surface area contributed by atoms with E-state index in [1.807, 2.05) is 36.1 Å². The Labute approximate surface area is 181 Å². The highest BCUT2D eigenvalue weighted by molar-refractivity contribution is 6.30. The molecule has 2 unspecified atom stereocenters. The van der Waals surface area contributed by atoms with Crippen molar-refractivity contribution in [2.24, 2.45) is 11.7 Å². The molecule has 6 nitrogen and oxygen atoms in total. The molecule has 2 aromatic heterocycles. The van der Waals surface area contributed by atoms with Crippen molar-refractivity contribution in [1.29, 1.82) is 0 Å². The van der Waals surface area contributed by atoms with Gasteiger partial charge in [0.05, 0.1) is 12.0 Å². The number of aromatic nitrogens is 2. The van der Waals surface area contributed by atoms with Gasteiger partial charge in [0.25, 0.3) is 5.91 Å². The zero-order valence-corrected chi connectivity index (χ0v) is 17.7. The Balaban J connectivity index is 0.00000240. The highest BCUT2D eigenvalue weighted by Crippen LogP contribution is 2.27. The second kappa shape index (κ2) is 9.03. The van der Waals surface area contributed by atoms with Crippen LogP contribution in [0, 0.1) is 5.92 Å². The normalized spacial score (nSPS) is 17.6. The second-order valence-corrected chi connectivity index (χ2v) is 7.73. The van der Waals surface area contributed by atoms with Gasteiger partial charge in [-0.15, -0.1) is 12.4 Å². The Morgan fingerprint density at radius 1 is 1.31 bits per heavy atom. The molecule has 29 heavy (non-hydrogen) atoms. The number of piperidine rings is 1. The maximum atomic E-state index is 13.1. The summed E-state index contributed by atoms with van der Waals surface area (Å²) >= 11 is 6.02. The number of hydrogen-bond donors (Lipinski definition) is 1. The molecule has 1 amide bonds. The number of likely N-dealkylation sites (tertiary alicyclic amines) is 1. The smallest absolute Gasteiger partial charge is 0.274 e. The Bertz CT molecular complexity index is 952. The molecule has 0 saturated carbocycles. The molecule has 4 rings (SSSR count). The van der Waals surface area contributed by atoms with E-state index in [1.165, 1.54) is 0 Å². The number of furan rings is 1. The van der Waals surface area contributed by atoms with Gasteiger partial charge in [0.15, 0.2) is 11.5 Å². The van der Waals surface area contributed by atoms with Gasteiger partial charge in [0, 0.05) is 30.2 Å². The van der Waals surface area contributed by atoms with Crippen molar-refractivity contribution < 1.29 is 9.21 Å². The molecule has 0 spiro atoms. The average Bonchev–Trinajstić information content (AvgIpc) is 3.38. The monoisotopic (exact) mass is 434 g/mol. The predicted octanol–water partition coefficient (Wildman–Crippen LogP) is 4.41. The maximum absolute atomic E-state index is 13.1. The van der Waals surface area contributed by atoms with Crippen LogP contribution in [0.4, 0.5) is 0 Å². The van der Waals surface area contributed by atoms with Gasteiger partial charge < -0.3 is 15.1 Å². The van der Waals surface area contributed by atoms with Crippen LogP contribution < -0.4 is 5.73 Å². The summed E-state index contributed by atoms with van der Waals surface area (Å²) in [6.45, 7) is 3.40. The molecule has 1 fully saturated rings. The minimum atomic E-state index is -0.0779. The lowest BCUT2D eigenvalue weighted by Gasteiger charge is -2.34. The van der Waals surface area contributed by atoms with E-state index in [4.69, 9.17) is 21.8 Å². The third-order valence-corrected chi connectivity index (χ3v) is 5.51. The van der Waals surface area contributed by atoms with E-state index in [1.54, 1.807) is 29.1 Å². The number of hydrogen-bond acceptors (Lipinski definition) is 4. The van der Waals surface area contributed by atoms with Crippen molar-refractivity contribution in [3.05, 3.63) is 59.4 Å². The summed E-state index contributed by atoms with van der Waals surface area (Å²) in [5.74, 6) is 0.889. The summed E-state index contributed by atoms with van der Waals surface area (Å²) in [5, 5.41) is 5.24. The number of carbonyl (C=O) groups excluding carboxylic acids is 1. The zero-order chi connectivity index (χ0) is 19.7. The third kappa shape index (κ3) is 4.50. The maximum Gasteiger partial charge on any atom is 0.274 e. The van der Waals surface area contributed by atoms with Gasteiger partial charge in [-0.05, 0) is 62.1 Å². The van der Waals surface area contributed by atoms with Gasteiger partial charge in [-0.25, -0.2) is 4.68 Å². The van der Waals surface area contributed by atoms with Crippen LogP contribution in [-0.4, -0.2) is 39.7 Å². The standard InChI is InChI=1S/C21H23ClN4O2.ClH/c1-14(23)15-4-2-10-25(13-15)21(27)18-12-19(20-5-3-11-28-20)26(24-18)17-8-6-16(22)7-9-17;/h3,5-9,11-12,14-15H,2,4,10,13,23H2,1H3;1H. The topological polar surface area (TPSA) is 77.3 Å². The van der Waals surface area contributed by atoms with Gasteiger partial charge >= 0.3 is 0 Å². The van der Waals surface area contributed by atoms with Crippen LogP contribution in [0.25, 0.3) is 17.1 Å². The zero-order valence-electron chi connectivity index (χ0n) is 16.1. The van der Waals surface area contributed by atoms with Gasteiger partial charge in [-0.2, -0.15) is 5.10 Å². The minimum absolute atomic E-state index is 0. The van der Waals surface area contributed by atoms with E-state index in [9.17, 15) is 4.79 Å². The molecule has 3 aromatic rings. The first-order chi connectivity index (χ1) is 13.5. The summed E-state index contributed by atoms with van der Waals surface area (Å²) < 4.78 is 7.28. The summed E-state index contributed by atoms with van der Waals surface area (Å²) in [6, 6.07) is 12.8. The molecule has 0 radical (unpaired) electrons. The molecule has 8 heteroatoms. The first-order valence-corrected chi connectivity index (χ1v) is 9.85. The fourth-order valence-corrected chi connectivity index (χ4v) is 3.78. The molecule has 1 aliphatic heterocycles. The van der Waals surface area contributed by atoms with E-state index < -0.39 is 0 Å². The molecule has 1 aromatic carbocycles. The molecule has 0 aliphatic carbocycles. The van der Waals surface area contributed by atoms with E-state index in [2.05, 4.69) is 5.10 Å². The summed E-state index contributed by atoms with van der Waals surface area (Å²) in [5.41, 5.74) is 7.99. The fourth-order valence-electron chi connectivity index (χ4n) is 3.65. The van der Waals surface area contributed by atoms with E-state index in [0.717, 1.165) is 30.8 Å². The summed E-state index contributed by atoms with van der Waals surface area (Å²) in [7, 11) is 0. The van der Waals surface area contributed by atoms with E-state index in [-0.39, 0.29) is 24.4 Å². The van der Waals surface area contributed by atoms with Crippen molar-refractivity contribution in [2.75, 3.05) is 13.1 Å². The first kappa shape index (κ1) is 21.4. The Hall–Kier alpha value is -2.28.